The van der Waals surface area contributed by atoms with Crippen molar-refractivity contribution in [2.45, 2.75) is 27.3 Å². The van der Waals surface area contributed by atoms with Gasteiger partial charge in [0.15, 0.2) is 0 Å². The molecule has 1 amide bonds. The first-order chi connectivity index (χ1) is 11.5. The molecule has 0 unspecified atom stereocenters. The predicted molar refractivity (Wildman–Crippen MR) is 90.6 cm³/mol. The number of fused-ring (bicyclic) bond motifs is 1. The van der Waals surface area contributed by atoms with Crippen LogP contribution < -0.4 is 4.90 Å². The minimum atomic E-state index is -0.457. The van der Waals surface area contributed by atoms with Crippen LogP contribution in [0.4, 0.5) is 10.1 Å². The van der Waals surface area contributed by atoms with Crippen LogP contribution in [0, 0.1) is 11.7 Å². The van der Waals surface area contributed by atoms with Crippen LogP contribution in [0.15, 0.2) is 41.3 Å². The van der Waals surface area contributed by atoms with Crippen molar-refractivity contribution in [1.82, 2.24) is 9.78 Å². The highest BCUT2D eigenvalue weighted by molar-refractivity contribution is 6.12. The topological polar surface area (TPSA) is 51.3 Å². The lowest BCUT2D eigenvalue weighted by Crippen LogP contribution is -2.34. The fourth-order valence-corrected chi connectivity index (χ4v) is 2.69. The van der Waals surface area contributed by atoms with Gasteiger partial charge in [0.2, 0.25) is 0 Å². The summed E-state index contributed by atoms with van der Waals surface area (Å²) in [5.74, 6) is -0.501. The van der Waals surface area contributed by atoms with Crippen molar-refractivity contribution in [2.24, 2.45) is 5.92 Å². The van der Waals surface area contributed by atoms with Crippen molar-refractivity contribution in [1.29, 1.82) is 0 Å². The van der Waals surface area contributed by atoms with Crippen LogP contribution in [0.25, 0.3) is 11.0 Å². The average Bonchev–Trinajstić information content (AvgIpc) is 3.19. The molecule has 0 fully saturated rings. The molecule has 126 valence electrons. The summed E-state index contributed by atoms with van der Waals surface area (Å²) in [6.07, 6.45) is 4.93. The van der Waals surface area contributed by atoms with Crippen LogP contribution in [0.2, 0.25) is 0 Å². The molecule has 0 atom stereocenters. The number of anilines is 1. The maximum absolute atomic E-state index is 13.9. The van der Waals surface area contributed by atoms with Crippen LogP contribution in [0.5, 0.6) is 0 Å². The summed E-state index contributed by atoms with van der Waals surface area (Å²) in [5, 5.41) is 4.81. The van der Waals surface area contributed by atoms with Gasteiger partial charge in [-0.05, 0) is 31.0 Å². The first-order valence-corrected chi connectivity index (χ1v) is 8.00. The van der Waals surface area contributed by atoms with Crippen LogP contribution in [-0.4, -0.2) is 22.2 Å². The number of nitrogens with zero attached hydrogens (tertiary/aromatic N) is 3. The van der Waals surface area contributed by atoms with E-state index in [1.165, 1.54) is 18.4 Å². The van der Waals surface area contributed by atoms with Crippen LogP contribution in [0.3, 0.4) is 0 Å². The highest BCUT2D eigenvalue weighted by Crippen LogP contribution is 2.26. The number of aromatic nitrogens is 2. The van der Waals surface area contributed by atoms with Crippen molar-refractivity contribution in [2.75, 3.05) is 11.4 Å². The monoisotopic (exact) mass is 329 g/mol. The molecule has 0 bridgehead atoms. The Morgan fingerprint density at radius 3 is 2.88 bits per heavy atom. The molecular weight excluding hydrogens is 309 g/mol. The van der Waals surface area contributed by atoms with E-state index in [0.29, 0.717) is 29.7 Å². The number of halogens is 1. The van der Waals surface area contributed by atoms with Gasteiger partial charge in [-0.1, -0.05) is 13.8 Å². The Bertz CT molecular complexity index is 866. The molecule has 3 aromatic rings. The molecule has 2 aromatic heterocycles. The summed E-state index contributed by atoms with van der Waals surface area (Å²) in [6.45, 7) is 7.25. The maximum atomic E-state index is 13.9. The van der Waals surface area contributed by atoms with Crippen molar-refractivity contribution in [3.05, 3.63) is 48.2 Å². The predicted octanol–water partition coefficient (Wildman–Crippen LogP) is 4.09. The van der Waals surface area contributed by atoms with Crippen molar-refractivity contribution in [3.63, 3.8) is 0 Å². The number of hydrogen-bond donors (Lipinski definition) is 0. The van der Waals surface area contributed by atoms with Gasteiger partial charge in [0.05, 0.1) is 23.7 Å². The van der Waals surface area contributed by atoms with Crippen molar-refractivity contribution in [3.8, 4) is 0 Å². The third-order valence-corrected chi connectivity index (χ3v) is 3.79. The van der Waals surface area contributed by atoms with Gasteiger partial charge in [0.25, 0.3) is 5.91 Å². The van der Waals surface area contributed by atoms with E-state index in [4.69, 9.17) is 4.42 Å². The zero-order valence-corrected chi connectivity index (χ0v) is 14.0. The van der Waals surface area contributed by atoms with E-state index in [0.717, 1.165) is 0 Å². The van der Waals surface area contributed by atoms with Crippen LogP contribution >= 0.6 is 0 Å². The molecule has 1 aromatic carbocycles. The number of hydrogen-bond acceptors (Lipinski definition) is 3. The highest BCUT2D eigenvalue weighted by Gasteiger charge is 2.24. The SMILES string of the molecule is CCn1cc(N(CC(C)C)C(=O)c2cc(F)cc3ccoc23)cn1. The largest absolute Gasteiger partial charge is 0.464 e. The van der Waals surface area contributed by atoms with E-state index in [-0.39, 0.29) is 17.4 Å². The molecule has 0 saturated heterocycles. The zero-order valence-electron chi connectivity index (χ0n) is 14.0. The molecule has 0 spiro atoms. The summed E-state index contributed by atoms with van der Waals surface area (Å²) in [6, 6.07) is 4.24. The van der Waals surface area contributed by atoms with E-state index < -0.39 is 5.82 Å². The smallest absolute Gasteiger partial charge is 0.262 e. The number of amides is 1. The lowest BCUT2D eigenvalue weighted by Gasteiger charge is -2.23. The Morgan fingerprint density at radius 2 is 2.21 bits per heavy atom. The number of carbonyl (C=O) groups excluding carboxylic acids is 1. The molecule has 6 heteroatoms. The summed E-state index contributed by atoms with van der Waals surface area (Å²) >= 11 is 0. The van der Waals surface area contributed by atoms with Crippen molar-refractivity contribution < 1.29 is 13.6 Å². The van der Waals surface area contributed by atoms with Gasteiger partial charge in [0.1, 0.15) is 11.4 Å². The second-order valence-corrected chi connectivity index (χ2v) is 6.16. The lowest BCUT2D eigenvalue weighted by atomic mass is 10.1. The van der Waals surface area contributed by atoms with Crippen LogP contribution in [0.1, 0.15) is 31.1 Å². The van der Waals surface area contributed by atoms with E-state index in [9.17, 15) is 9.18 Å². The molecule has 0 saturated carbocycles. The number of aryl methyl sites for hydroxylation is 1. The quantitative estimate of drug-likeness (QED) is 0.708. The molecule has 0 N–H and O–H groups in total. The van der Waals surface area contributed by atoms with E-state index in [2.05, 4.69) is 5.10 Å². The third kappa shape index (κ3) is 3.04. The fraction of sp³-hybridized carbons (Fsp3) is 0.333. The van der Waals surface area contributed by atoms with Gasteiger partial charge >= 0.3 is 0 Å². The molecule has 0 aliphatic rings. The van der Waals surface area contributed by atoms with E-state index >= 15 is 0 Å². The molecule has 0 aliphatic carbocycles. The number of carbonyl (C=O) groups is 1. The summed E-state index contributed by atoms with van der Waals surface area (Å²) < 4.78 is 21.1. The number of furan rings is 1. The number of benzene rings is 1. The second-order valence-electron chi connectivity index (χ2n) is 6.16. The summed E-state index contributed by atoms with van der Waals surface area (Å²) in [7, 11) is 0. The van der Waals surface area contributed by atoms with Gasteiger partial charge in [-0.3, -0.25) is 9.48 Å². The van der Waals surface area contributed by atoms with Gasteiger partial charge < -0.3 is 9.32 Å². The molecule has 24 heavy (non-hydrogen) atoms. The highest BCUT2D eigenvalue weighted by atomic mass is 19.1. The Kier molecular flexibility index (Phi) is 4.38. The summed E-state index contributed by atoms with van der Waals surface area (Å²) in [5.41, 5.74) is 1.32. The minimum absolute atomic E-state index is 0.222. The first-order valence-electron chi connectivity index (χ1n) is 8.00. The Hall–Kier alpha value is -2.63. The number of rotatable bonds is 5. The Balaban J connectivity index is 2.05. The minimum Gasteiger partial charge on any atom is -0.464 e. The van der Waals surface area contributed by atoms with Gasteiger partial charge in [-0.2, -0.15) is 5.10 Å². The second kappa shape index (κ2) is 6.47. The Morgan fingerprint density at radius 1 is 1.42 bits per heavy atom. The fourth-order valence-electron chi connectivity index (χ4n) is 2.69. The van der Waals surface area contributed by atoms with E-state index in [1.54, 1.807) is 21.8 Å². The Labute approximate surface area is 139 Å². The van der Waals surface area contributed by atoms with Crippen molar-refractivity contribution >= 4 is 22.6 Å². The molecule has 3 rings (SSSR count). The standard InChI is InChI=1S/C18H20FN3O2/c1-4-21-11-15(9-20-21)22(10-12(2)3)18(23)16-8-14(19)7-13-5-6-24-17(13)16/h5-9,11-12H,4,10H2,1-3H3. The maximum Gasteiger partial charge on any atom is 0.262 e. The van der Waals surface area contributed by atoms with Crippen LogP contribution in [-0.2, 0) is 6.54 Å². The molecule has 0 radical (unpaired) electrons. The first kappa shape index (κ1) is 16.2. The molecule has 5 nitrogen and oxygen atoms in total. The molecular formula is C18H20FN3O2. The van der Waals surface area contributed by atoms with Gasteiger partial charge in [0, 0.05) is 24.7 Å². The van der Waals surface area contributed by atoms with Gasteiger partial charge in [-0.25, -0.2) is 4.39 Å². The molecule has 0 aliphatic heterocycles. The lowest BCUT2D eigenvalue weighted by molar-refractivity contribution is 0.0984. The third-order valence-electron chi connectivity index (χ3n) is 3.79. The zero-order chi connectivity index (χ0) is 17.3. The molecule has 2 heterocycles. The average molecular weight is 329 g/mol. The summed E-state index contributed by atoms with van der Waals surface area (Å²) in [4.78, 5) is 14.7. The normalized spacial score (nSPS) is 11.4. The van der Waals surface area contributed by atoms with Gasteiger partial charge in [-0.15, -0.1) is 0 Å². The van der Waals surface area contributed by atoms with E-state index in [1.807, 2.05) is 27.0 Å².